The molecule has 4 aromatic rings. The first-order valence-corrected chi connectivity index (χ1v) is 9.69. The quantitative estimate of drug-likeness (QED) is 0.302. The molecule has 0 aliphatic heterocycles. The number of benzene rings is 1. The molecule has 3 aromatic heterocycles. The highest BCUT2D eigenvalue weighted by molar-refractivity contribution is 7.19. The average molecular weight is 427 g/mol. The summed E-state index contributed by atoms with van der Waals surface area (Å²) in [4.78, 5) is 35.1. The summed E-state index contributed by atoms with van der Waals surface area (Å²) in [5, 5.41) is 0.479. The lowest BCUT2D eigenvalue weighted by atomic mass is 10.1. The van der Waals surface area contributed by atoms with Gasteiger partial charge in [0.1, 0.15) is 0 Å². The standard InChI is InChI=1S/C20H8Cl2N2O3S/c21-14-6-11-12(7-15(14)22)18(26)13(17(11)25)4-10-5-16-20(28-10)24-19(27-16)9-2-1-3-23-8-9/h1-8H. The minimum absolute atomic E-state index is 0.0738. The van der Waals surface area contributed by atoms with Crippen molar-refractivity contribution in [3.8, 4) is 11.5 Å². The number of allylic oxidation sites excluding steroid dienone is 1. The predicted molar refractivity (Wildman–Crippen MR) is 108 cm³/mol. The molecular formula is C20H8Cl2N2O3S. The summed E-state index contributed by atoms with van der Waals surface area (Å²) in [6.45, 7) is 0. The van der Waals surface area contributed by atoms with Crippen LogP contribution in [0.3, 0.4) is 0 Å². The Morgan fingerprint density at radius 1 is 1.04 bits per heavy atom. The number of oxazole rings is 1. The summed E-state index contributed by atoms with van der Waals surface area (Å²) in [6.07, 6.45) is 4.90. The van der Waals surface area contributed by atoms with E-state index in [9.17, 15) is 9.59 Å². The molecule has 0 bridgehead atoms. The number of thiophene rings is 1. The number of carbonyl (C=O) groups is 2. The fourth-order valence-corrected chi connectivity index (χ4v) is 4.25. The van der Waals surface area contributed by atoms with Crippen molar-refractivity contribution in [3.05, 3.63) is 74.3 Å². The van der Waals surface area contributed by atoms with Crippen LogP contribution in [0.5, 0.6) is 0 Å². The van der Waals surface area contributed by atoms with Crippen LogP contribution in [0, 0.1) is 0 Å². The van der Waals surface area contributed by atoms with Crippen molar-refractivity contribution < 1.29 is 14.0 Å². The molecule has 0 fully saturated rings. The highest BCUT2D eigenvalue weighted by Crippen LogP contribution is 2.36. The van der Waals surface area contributed by atoms with Gasteiger partial charge in [-0.2, -0.15) is 4.98 Å². The zero-order valence-electron chi connectivity index (χ0n) is 13.9. The minimum Gasteiger partial charge on any atom is -0.435 e. The number of nitrogens with zero attached hydrogens (tertiary/aromatic N) is 2. The fourth-order valence-electron chi connectivity index (χ4n) is 3.03. The first-order chi connectivity index (χ1) is 13.5. The Kier molecular flexibility index (Phi) is 3.94. The maximum absolute atomic E-state index is 12.6. The largest absolute Gasteiger partial charge is 0.435 e. The van der Waals surface area contributed by atoms with Crippen LogP contribution in [0.25, 0.3) is 27.9 Å². The molecule has 28 heavy (non-hydrogen) atoms. The van der Waals surface area contributed by atoms with Gasteiger partial charge in [0.05, 0.1) is 21.2 Å². The molecule has 0 atom stereocenters. The van der Waals surface area contributed by atoms with Gasteiger partial charge in [-0.15, -0.1) is 11.3 Å². The van der Waals surface area contributed by atoms with E-state index in [1.165, 1.54) is 23.5 Å². The number of rotatable bonds is 2. The second-order valence-corrected chi connectivity index (χ2v) is 7.98. The molecule has 1 aliphatic carbocycles. The Bertz CT molecular complexity index is 1250. The molecule has 1 aliphatic rings. The molecule has 0 N–H and O–H groups in total. The normalized spacial score (nSPS) is 13.4. The maximum Gasteiger partial charge on any atom is 0.229 e. The fraction of sp³-hybridized carbons (Fsp3) is 0. The Morgan fingerprint density at radius 3 is 2.36 bits per heavy atom. The molecule has 0 spiro atoms. The molecule has 0 saturated carbocycles. The lowest BCUT2D eigenvalue weighted by Crippen LogP contribution is -1.99. The van der Waals surface area contributed by atoms with Crippen molar-refractivity contribution in [1.82, 2.24) is 9.97 Å². The molecule has 0 amide bonds. The third-order valence-electron chi connectivity index (χ3n) is 4.34. The SMILES string of the molecule is O=C1C(=Cc2cc3oc(-c4cccnc4)nc3s2)C(=O)c2cc(Cl)c(Cl)cc21. The number of aromatic nitrogens is 2. The van der Waals surface area contributed by atoms with Gasteiger partial charge in [-0.05, 0) is 30.3 Å². The monoisotopic (exact) mass is 426 g/mol. The molecule has 1 aromatic carbocycles. The number of Topliss-reactive ketones (excluding diaryl/α,β-unsaturated/α-hetero) is 2. The van der Waals surface area contributed by atoms with Crippen molar-refractivity contribution in [3.63, 3.8) is 0 Å². The van der Waals surface area contributed by atoms with Gasteiger partial charge in [0.15, 0.2) is 22.0 Å². The van der Waals surface area contributed by atoms with E-state index in [4.69, 9.17) is 27.6 Å². The van der Waals surface area contributed by atoms with Gasteiger partial charge >= 0.3 is 0 Å². The van der Waals surface area contributed by atoms with Gasteiger partial charge in [-0.25, -0.2) is 0 Å². The lowest BCUT2D eigenvalue weighted by Gasteiger charge is -1.98. The van der Waals surface area contributed by atoms with Crippen LogP contribution in [0.4, 0.5) is 0 Å². The van der Waals surface area contributed by atoms with E-state index in [0.29, 0.717) is 21.2 Å². The van der Waals surface area contributed by atoms with Gasteiger partial charge in [0, 0.05) is 34.5 Å². The van der Waals surface area contributed by atoms with Gasteiger partial charge < -0.3 is 4.42 Å². The van der Waals surface area contributed by atoms with Crippen molar-refractivity contribution in [1.29, 1.82) is 0 Å². The number of fused-ring (bicyclic) bond motifs is 2. The molecule has 0 saturated heterocycles. The summed E-state index contributed by atoms with van der Waals surface area (Å²) in [5.74, 6) is -0.265. The Balaban J connectivity index is 1.53. The van der Waals surface area contributed by atoms with Gasteiger partial charge in [0.25, 0.3) is 0 Å². The van der Waals surface area contributed by atoms with Gasteiger partial charge in [0.2, 0.25) is 5.89 Å². The molecule has 136 valence electrons. The van der Waals surface area contributed by atoms with E-state index in [1.807, 2.05) is 6.07 Å². The summed E-state index contributed by atoms with van der Waals surface area (Å²) >= 11 is 13.3. The first kappa shape index (κ1) is 17.3. The van der Waals surface area contributed by atoms with Crippen LogP contribution in [0.1, 0.15) is 25.6 Å². The van der Waals surface area contributed by atoms with Crippen LogP contribution in [0.15, 0.2) is 52.7 Å². The highest BCUT2D eigenvalue weighted by atomic mass is 35.5. The average Bonchev–Trinajstić information content (AvgIpc) is 3.31. The molecule has 5 rings (SSSR count). The zero-order chi connectivity index (χ0) is 19.4. The van der Waals surface area contributed by atoms with E-state index in [0.717, 1.165) is 5.56 Å². The molecule has 0 unspecified atom stereocenters. The third-order valence-corrected chi connectivity index (χ3v) is 6.02. The van der Waals surface area contributed by atoms with E-state index >= 15 is 0 Å². The number of ketones is 2. The Morgan fingerprint density at radius 2 is 1.75 bits per heavy atom. The van der Waals surface area contributed by atoms with Crippen molar-refractivity contribution in [2.75, 3.05) is 0 Å². The minimum atomic E-state index is -0.368. The second-order valence-electron chi connectivity index (χ2n) is 6.11. The van der Waals surface area contributed by atoms with Crippen molar-refractivity contribution in [2.24, 2.45) is 0 Å². The maximum atomic E-state index is 12.6. The van der Waals surface area contributed by atoms with E-state index in [1.54, 1.807) is 30.6 Å². The topological polar surface area (TPSA) is 73.1 Å². The van der Waals surface area contributed by atoms with Crippen molar-refractivity contribution in [2.45, 2.75) is 0 Å². The molecular weight excluding hydrogens is 419 g/mol. The highest BCUT2D eigenvalue weighted by Gasteiger charge is 2.34. The van der Waals surface area contributed by atoms with E-state index in [-0.39, 0.29) is 38.3 Å². The Hall–Kier alpha value is -2.80. The second kappa shape index (κ2) is 6.38. The summed E-state index contributed by atoms with van der Waals surface area (Å²) < 4.78 is 5.77. The van der Waals surface area contributed by atoms with Gasteiger partial charge in [-0.3, -0.25) is 14.6 Å². The van der Waals surface area contributed by atoms with E-state index < -0.39 is 0 Å². The van der Waals surface area contributed by atoms with E-state index in [2.05, 4.69) is 9.97 Å². The number of carbonyl (C=O) groups excluding carboxylic acids is 2. The zero-order valence-corrected chi connectivity index (χ0v) is 16.2. The molecule has 8 heteroatoms. The molecule has 5 nitrogen and oxygen atoms in total. The first-order valence-electron chi connectivity index (χ1n) is 8.12. The van der Waals surface area contributed by atoms with Crippen LogP contribution >= 0.6 is 34.5 Å². The predicted octanol–water partition coefficient (Wildman–Crippen LogP) is 5.72. The van der Waals surface area contributed by atoms with Crippen LogP contribution in [-0.4, -0.2) is 21.5 Å². The number of hydrogen-bond donors (Lipinski definition) is 0. The summed E-state index contributed by atoms with van der Waals surface area (Å²) in [6, 6.07) is 8.28. The molecule has 0 radical (unpaired) electrons. The lowest BCUT2D eigenvalue weighted by molar-refractivity contribution is 0.0990. The molecule has 3 heterocycles. The number of hydrogen-bond acceptors (Lipinski definition) is 6. The third kappa shape index (κ3) is 2.69. The van der Waals surface area contributed by atoms with Crippen molar-refractivity contribution >= 4 is 62.6 Å². The van der Waals surface area contributed by atoms with Crippen LogP contribution in [0.2, 0.25) is 10.0 Å². The van der Waals surface area contributed by atoms with Crippen LogP contribution < -0.4 is 0 Å². The number of pyridine rings is 1. The van der Waals surface area contributed by atoms with Crippen LogP contribution in [-0.2, 0) is 0 Å². The number of halogens is 2. The Labute approximate surface area is 172 Å². The van der Waals surface area contributed by atoms with Gasteiger partial charge in [-0.1, -0.05) is 23.2 Å². The summed E-state index contributed by atoms with van der Waals surface area (Å²) in [7, 11) is 0. The smallest absolute Gasteiger partial charge is 0.229 e. The summed E-state index contributed by atoms with van der Waals surface area (Å²) in [5.41, 5.74) is 1.96.